The molecule has 152 valence electrons. The minimum Gasteiger partial charge on any atom is -0.488 e. The third-order valence-electron chi connectivity index (χ3n) is 4.86. The molecule has 0 saturated carbocycles. The van der Waals surface area contributed by atoms with Gasteiger partial charge in [0, 0.05) is 36.1 Å². The highest BCUT2D eigenvalue weighted by Crippen LogP contribution is 2.18. The highest BCUT2D eigenvalue weighted by molar-refractivity contribution is 7.09. The standard InChI is InChI=1S/C22H30N2O3S/c1-17(2)13-19(24-8-10-26-11-9-24)15-23-22(25)18-5-3-6-20(14-18)27-16-21-7-4-12-28-21/h3-7,12,14,17,19H,8-11,13,15-16H2,1-2H3,(H,23,25). The van der Waals surface area contributed by atoms with E-state index in [9.17, 15) is 4.79 Å². The van der Waals surface area contributed by atoms with Crippen LogP contribution in [-0.4, -0.2) is 49.7 Å². The Kier molecular flexibility index (Phi) is 7.89. The first-order valence-electron chi connectivity index (χ1n) is 9.97. The van der Waals surface area contributed by atoms with Crippen LogP contribution in [0.5, 0.6) is 5.75 Å². The highest BCUT2D eigenvalue weighted by atomic mass is 32.1. The lowest BCUT2D eigenvalue weighted by molar-refractivity contribution is 0.0124. The first-order chi connectivity index (χ1) is 13.6. The Balaban J connectivity index is 1.55. The molecule has 0 bridgehead atoms. The number of nitrogens with zero attached hydrogens (tertiary/aromatic N) is 1. The van der Waals surface area contributed by atoms with E-state index in [1.54, 1.807) is 11.3 Å². The van der Waals surface area contributed by atoms with Crippen LogP contribution in [0.1, 0.15) is 35.5 Å². The summed E-state index contributed by atoms with van der Waals surface area (Å²) in [7, 11) is 0. The molecule has 28 heavy (non-hydrogen) atoms. The van der Waals surface area contributed by atoms with E-state index < -0.39 is 0 Å². The molecule has 2 heterocycles. The number of amides is 1. The first-order valence-corrected chi connectivity index (χ1v) is 10.8. The number of hydrogen-bond donors (Lipinski definition) is 1. The van der Waals surface area contributed by atoms with Crippen LogP contribution < -0.4 is 10.1 Å². The molecule has 1 aliphatic rings. The maximum atomic E-state index is 12.7. The van der Waals surface area contributed by atoms with Gasteiger partial charge in [0.15, 0.2) is 0 Å². The van der Waals surface area contributed by atoms with Crippen LogP contribution in [0.3, 0.4) is 0 Å². The largest absolute Gasteiger partial charge is 0.488 e. The van der Waals surface area contributed by atoms with Crippen molar-refractivity contribution in [2.24, 2.45) is 5.92 Å². The monoisotopic (exact) mass is 402 g/mol. The molecule has 1 aromatic heterocycles. The molecule has 1 aromatic carbocycles. The molecule has 1 N–H and O–H groups in total. The van der Waals surface area contributed by atoms with Crippen molar-refractivity contribution < 1.29 is 14.3 Å². The molecule has 1 saturated heterocycles. The number of rotatable bonds is 9. The average Bonchev–Trinajstić information content (AvgIpc) is 3.23. The zero-order valence-electron chi connectivity index (χ0n) is 16.7. The summed E-state index contributed by atoms with van der Waals surface area (Å²) in [6.45, 7) is 9.03. The number of thiophene rings is 1. The minimum atomic E-state index is -0.0522. The lowest BCUT2D eigenvalue weighted by Gasteiger charge is -2.35. The third-order valence-corrected chi connectivity index (χ3v) is 5.71. The SMILES string of the molecule is CC(C)CC(CNC(=O)c1cccc(OCc2cccs2)c1)N1CCOCC1. The highest BCUT2D eigenvalue weighted by Gasteiger charge is 2.22. The van der Waals surface area contributed by atoms with E-state index >= 15 is 0 Å². The van der Waals surface area contributed by atoms with Gasteiger partial charge >= 0.3 is 0 Å². The topological polar surface area (TPSA) is 50.8 Å². The van der Waals surface area contributed by atoms with Crippen LogP contribution in [0.2, 0.25) is 0 Å². The van der Waals surface area contributed by atoms with Crippen LogP contribution >= 0.6 is 11.3 Å². The molecule has 1 unspecified atom stereocenters. The van der Waals surface area contributed by atoms with E-state index in [0.29, 0.717) is 36.4 Å². The first kappa shape index (κ1) is 20.8. The quantitative estimate of drug-likeness (QED) is 0.693. The predicted molar refractivity (Wildman–Crippen MR) is 113 cm³/mol. The van der Waals surface area contributed by atoms with Crippen LogP contribution in [0.4, 0.5) is 0 Å². The second kappa shape index (κ2) is 10.6. The minimum absolute atomic E-state index is 0.0522. The van der Waals surface area contributed by atoms with Gasteiger partial charge in [0.05, 0.1) is 13.2 Å². The zero-order chi connectivity index (χ0) is 19.8. The van der Waals surface area contributed by atoms with E-state index in [1.165, 1.54) is 0 Å². The van der Waals surface area contributed by atoms with Gasteiger partial charge in [0.25, 0.3) is 5.91 Å². The zero-order valence-corrected chi connectivity index (χ0v) is 17.5. The Bertz CT molecular complexity index is 727. The molecule has 3 rings (SSSR count). The fraction of sp³-hybridized carbons (Fsp3) is 0.500. The predicted octanol–water partition coefficient (Wildman–Crippen LogP) is 3.80. The molecule has 0 aliphatic carbocycles. The number of carbonyl (C=O) groups excluding carboxylic acids is 1. The number of nitrogens with one attached hydrogen (secondary N) is 1. The van der Waals surface area contributed by atoms with Gasteiger partial charge in [-0.25, -0.2) is 0 Å². The lowest BCUT2D eigenvalue weighted by Crippen LogP contribution is -2.49. The third kappa shape index (κ3) is 6.33. The Morgan fingerprint density at radius 3 is 2.79 bits per heavy atom. The van der Waals surface area contributed by atoms with Gasteiger partial charge in [0.2, 0.25) is 0 Å². The lowest BCUT2D eigenvalue weighted by atomic mass is 10.0. The van der Waals surface area contributed by atoms with E-state index in [0.717, 1.165) is 37.6 Å². The summed E-state index contributed by atoms with van der Waals surface area (Å²) in [5.74, 6) is 1.25. The van der Waals surface area contributed by atoms with Crippen molar-refractivity contribution in [3.8, 4) is 5.75 Å². The average molecular weight is 403 g/mol. The molecule has 1 fully saturated rings. The maximum absolute atomic E-state index is 12.7. The van der Waals surface area contributed by atoms with Crippen molar-refractivity contribution in [2.75, 3.05) is 32.8 Å². The molecule has 0 radical (unpaired) electrons. The summed E-state index contributed by atoms with van der Waals surface area (Å²) >= 11 is 1.66. The van der Waals surface area contributed by atoms with Crippen molar-refractivity contribution in [3.63, 3.8) is 0 Å². The van der Waals surface area contributed by atoms with Gasteiger partial charge in [-0.1, -0.05) is 26.0 Å². The Labute approximate surface area is 171 Å². The van der Waals surface area contributed by atoms with Gasteiger partial charge < -0.3 is 14.8 Å². The molecule has 0 spiro atoms. The van der Waals surface area contributed by atoms with Crippen molar-refractivity contribution in [1.82, 2.24) is 10.2 Å². The summed E-state index contributed by atoms with van der Waals surface area (Å²) < 4.78 is 11.3. The molecular weight excluding hydrogens is 372 g/mol. The molecular formula is C22H30N2O3S. The van der Waals surface area contributed by atoms with Crippen LogP contribution in [-0.2, 0) is 11.3 Å². The van der Waals surface area contributed by atoms with Crippen LogP contribution in [0.15, 0.2) is 41.8 Å². The van der Waals surface area contributed by atoms with Crippen molar-refractivity contribution >= 4 is 17.2 Å². The summed E-state index contributed by atoms with van der Waals surface area (Å²) in [6, 6.07) is 11.8. The number of carbonyl (C=O) groups is 1. The second-order valence-corrected chi connectivity index (χ2v) is 8.57. The Hall–Kier alpha value is -1.89. The smallest absolute Gasteiger partial charge is 0.251 e. The van der Waals surface area contributed by atoms with Gasteiger partial charge in [-0.15, -0.1) is 11.3 Å². The van der Waals surface area contributed by atoms with Crippen molar-refractivity contribution in [1.29, 1.82) is 0 Å². The van der Waals surface area contributed by atoms with E-state index in [4.69, 9.17) is 9.47 Å². The summed E-state index contributed by atoms with van der Waals surface area (Å²) in [4.78, 5) is 16.3. The van der Waals surface area contributed by atoms with Gasteiger partial charge in [0.1, 0.15) is 12.4 Å². The van der Waals surface area contributed by atoms with Crippen molar-refractivity contribution in [2.45, 2.75) is 32.9 Å². The molecule has 6 heteroatoms. The molecule has 1 atom stereocenters. The second-order valence-electron chi connectivity index (χ2n) is 7.54. The summed E-state index contributed by atoms with van der Waals surface area (Å²) in [6.07, 6.45) is 1.06. The number of hydrogen-bond acceptors (Lipinski definition) is 5. The Morgan fingerprint density at radius 1 is 1.25 bits per heavy atom. The Morgan fingerprint density at radius 2 is 2.07 bits per heavy atom. The fourth-order valence-electron chi connectivity index (χ4n) is 3.44. The van der Waals surface area contributed by atoms with E-state index in [1.807, 2.05) is 41.8 Å². The molecule has 2 aromatic rings. The van der Waals surface area contributed by atoms with Gasteiger partial charge in [-0.2, -0.15) is 0 Å². The number of morpholine rings is 1. The number of ether oxygens (including phenoxy) is 2. The maximum Gasteiger partial charge on any atom is 0.251 e. The summed E-state index contributed by atoms with van der Waals surface area (Å²) in [5, 5.41) is 5.16. The van der Waals surface area contributed by atoms with E-state index in [2.05, 4.69) is 24.1 Å². The van der Waals surface area contributed by atoms with Crippen LogP contribution in [0, 0.1) is 5.92 Å². The fourth-order valence-corrected chi connectivity index (χ4v) is 4.05. The van der Waals surface area contributed by atoms with Gasteiger partial charge in [-0.3, -0.25) is 9.69 Å². The molecule has 5 nitrogen and oxygen atoms in total. The summed E-state index contributed by atoms with van der Waals surface area (Å²) in [5.41, 5.74) is 0.633. The molecule has 1 amide bonds. The number of benzene rings is 1. The van der Waals surface area contributed by atoms with E-state index in [-0.39, 0.29) is 5.91 Å². The molecule has 1 aliphatic heterocycles. The van der Waals surface area contributed by atoms with Crippen molar-refractivity contribution in [3.05, 3.63) is 52.2 Å². The van der Waals surface area contributed by atoms with Gasteiger partial charge in [-0.05, 0) is 42.0 Å². The normalized spacial score (nSPS) is 16.1. The van der Waals surface area contributed by atoms with Crippen LogP contribution in [0.25, 0.3) is 0 Å².